The number of allylic oxidation sites excluding steroid dienone is 1. The highest BCUT2D eigenvalue weighted by Crippen LogP contribution is 2.30. The van der Waals surface area contributed by atoms with E-state index in [9.17, 15) is 4.79 Å². The van der Waals surface area contributed by atoms with Gasteiger partial charge >= 0.3 is 0 Å². The topological polar surface area (TPSA) is 55.3 Å². The Morgan fingerprint density at radius 3 is 2.77 bits per heavy atom. The van der Waals surface area contributed by atoms with Gasteiger partial charge in [0.05, 0.1) is 11.2 Å². The highest BCUT2D eigenvalue weighted by Gasteiger charge is 2.17. The summed E-state index contributed by atoms with van der Waals surface area (Å²) in [7, 11) is 3.71. The zero-order valence-corrected chi connectivity index (χ0v) is 15.2. The van der Waals surface area contributed by atoms with Crippen molar-refractivity contribution >= 4 is 33.0 Å². The molecule has 0 aromatic carbocycles. The summed E-state index contributed by atoms with van der Waals surface area (Å²) in [6, 6.07) is 1.84. The van der Waals surface area contributed by atoms with Gasteiger partial charge in [0.1, 0.15) is 15.2 Å². The SMILES string of the molecule is Cc1nc(Oc2cnc(Br)c(C)c2)c(C(=O)/C=C/N(C)C)s1. The number of nitrogens with zero attached hydrogens (tertiary/aromatic N) is 3. The van der Waals surface area contributed by atoms with Crippen molar-refractivity contribution in [3.05, 3.63) is 44.6 Å². The van der Waals surface area contributed by atoms with Crippen molar-refractivity contribution in [3.63, 3.8) is 0 Å². The number of rotatable bonds is 5. The highest BCUT2D eigenvalue weighted by atomic mass is 79.9. The number of ether oxygens (including phenoxy) is 1. The van der Waals surface area contributed by atoms with Gasteiger partial charge in [0.15, 0.2) is 0 Å². The van der Waals surface area contributed by atoms with Crippen LogP contribution in [0.3, 0.4) is 0 Å². The van der Waals surface area contributed by atoms with E-state index in [2.05, 4.69) is 25.9 Å². The molecule has 7 heteroatoms. The molecule has 0 unspecified atom stereocenters. The molecule has 0 saturated carbocycles. The molecule has 0 aliphatic carbocycles. The van der Waals surface area contributed by atoms with Crippen molar-refractivity contribution in [3.8, 4) is 11.6 Å². The molecular weight excluding hydrogens is 366 g/mol. The molecule has 0 atom stereocenters. The average Bonchev–Trinajstić information content (AvgIpc) is 2.81. The van der Waals surface area contributed by atoms with Crippen LogP contribution in [-0.4, -0.2) is 34.7 Å². The van der Waals surface area contributed by atoms with Gasteiger partial charge in [-0.3, -0.25) is 4.79 Å². The minimum atomic E-state index is -0.129. The van der Waals surface area contributed by atoms with Crippen molar-refractivity contribution in [2.24, 2.45) is 0 Å². The Balaban J connectivity index is 2.28. The Labute approximate surface area is 141 Å². The van der Waals surface area contributed by atoms with Gasteiger partial charge in [0, 0.05) is 26.4 Å². The Morgan fingerprint density at radius 2 is 2.14 bits per heavy atom. The normalized spacial score (nSPS) is 11.0. The van der Waals surface area contributed by atoms with Gasteiger partial charge in [-0.15, -0.1) is 11.3 Å². The lowest BCUT2D eigenvalue weighted by atomic mass is 10.3. The van der Waals surface area contributed by atoms with Crippen LogP contribution in [0.15, 0.2) is 29.1 Å². The molecule has 0 fully saturated rings. The minimum Gasteiger partial charge on any atom is -0.436 e. The van der Waals surface area contributed by atoms with Gasteiger partial charge in [-0.1, -0.05) is 0 Å². The van der Waals surface area contributed by atoms with Crippen molar-refractivity contribution < 1.29 is 9.53 Å². The molecule has 0 saturated heterocycles. The van der Waals surface area contributed by atoms with Crippen LogP contribution in [0.25, 0.3) is 0 Å². The third-order valence-corrected chi connectivity index (χ3v) is 4.45. The first-order chi connectivity index (χ1) is 10.4. The maximum Gasteiger partial charge on any atom is 0.241 e. The van der Waals surface area contributed by atoms with Gasteiger partial charge in [0.25, 0.3) is 0 Å². The molecule has 116 valence electrons. The quantitative estimate of drug-likeness (QED) is 0.445. The average molecular weight is 382 g/mol. The maximum absolute atomic E-state index is 12.2. The number of carbonyl (C=O) groups excluding carboxylic acids is 1. The first-order valence-electron chi connectivity index (χ1n) is 6.53. The molecule has 2 heterocycles. The van der Waals surface area contributed by atoms with E-state index in [1.807, 2.05) is 34.0 Å². The van der Waals surface area contributed by atoms with Crippen LogP contribution >= 0.6 is 27.3 Å². The number of carbonyl (C=O) groups is 1. The van der Waals surface area contributed by atoms with E-state index < -0.39 is 0 Å². The molecule has 2 aromatic heterocycles. The van der Waals surface area contributed by atoms with Crippen LogP contribution in [-0.2, 0) is 0 Å². The zero-order chi connectivity index (χ0) is 16.3. The van der Waals surface area contributed by atoms with E-state index in [0.717, 1.165) is 15.2 Å². The fourth-order valence-corrected chi connectivity index (χ4v) is 2.61. The first-order valence-corrected chi connectivity index (χ1v) is 8.14. The number of hydrogen-bond donors (Lipinski definition) is 0. The molecule has 5 nitrogen and oxygen atoms in total. The Hall–Kier alpha value is -1.73. The Bertz CT molecular complexity index is 726. The third kappa shape index (κ3) is 4.14. The number of aromatic nitrogens is 2. The number of ketones is 1. The predicted molar refractivity (Wildman–Crippen MR) is 90.8 cm³/mol. The van der Waals surface area contributed by atoms with Crippen LogP contribution in [0.4, 0.5) is 0 Å². The third-order valence-electron chi connectivity index (χ3n) is 2.65. The van der Waals surface area contributed by atoms with Crippen molar-refractivity contribution in [1.82, 2.24) is 14.9 Å². The summed E-state index contributed by atoms with van der Waals surface area (Å²) in [6.07, 6.45) is 4.80. The summed E-state index contributed by atoms with van der Waals surface area (Å²) >= 11 is 4.66. The second-order valence-corrected chi connectivity index (χ2v) is 6.85. The summed E-state index contributed by atoms with van der Waals surface area (Å²) in [5.41, 5.74) is 0.949. The van der Waals surface area contributed by atoms with Crippen LogP contribution in [0.5, 0.6) is 11.6 Å². The van der Waals surface area contributed by atoms with Gasteiger partial charge in [-0.2, -0.15) is 0 Å². The number of aryl methyl sites for hydroxylation is 2. The molecule has 0 aliphatic heterocycles. The molecule has 0 N–H and O–H groups in total. The van der Waals surface area contributed by atoms with E-state index >= 15 is 0 Å². The van der Waals surface area contributed by atoms with Crippen LogP contribution in [0.1, 0.15) is 20.2 Å². The lowest BCUT2D eigenvalue weighted by Gasteiger charge is -2.06. The molecule has 0 radical (unpaired) electrons. The second-order valence-electron chi connectivity index (χ2n) is 4.89. The van der Waals surface area contributed by atoms with Crippen molar-refractivity contribution in [1.29, 1.82) is 0 Å². The summed E-state index contributed by atoms with van der Waals surface area (Å²) in [6.45, 7) is 3.76. The fourth-order valence-electron chi connectivity index (χ4n) is 1.63. The van der Waals surface area contributed by atoms with Gasteiger partial charge in [0.2, 0.25) is 11.7 Å². The smallest absolute Gasteiger partial charge is 0.241 e. The van der Waals surface area contributed by atoms with Crippen molar-refractivity contribution in [2.75, 3.05) is 14.1 Å². The second kappa shape index (κ2) is 7.02. The minimum absolute atomic E-state index is 0.129. The number of pyridine rings is 1. The first kappa shape index (κ1) is 16.6. The van der Waals surface area contributed by atoms with E-state index in [4.69, 9.17) is 4.74 Å². The van der Waals surface area contributed by atoms with Crippen LogP contribution < -0.4 is 4.74 Å². The lowest BCUT2D eigenvalue weighted by molar-refractivity contribution is 0.104. The Kier molecular flexibility index (Phi) is 5.31. The molecule has 22 heavy (non-hydrogen) atoms. The zero-order valence-electron chi connectivity index (χ0n) is 12.8. The van der Waals surface area contributed by atoms with Crippen LogP contribution in [0.2, 0.25) is 0 Å². The lowest BCUT2D eigenvalue weighted by Crippen LogP contribution is -2.03. The molecule has 0 amide bonds. The van der Waals surface area contributed by atoms with Crippen molar-refractivity contribution in [2.45, 2.75) is 13.8 Å². The molecule has 2 aromatic rings. The monoisotopic (exact) mass is 381 g/mol. The molecule has 0 bridgehead atoms. The number of thiazole rings is 1. The number of halogens is 1. The molecule has 2 rings (SSSR count). The fraction of sp³-hybridized carbons (Fsp3) is 0.267. The van der Waals surface area contributed by atoms with Gasteiger partial charge < -0.3 is 9.64 Å². The van der Waals surface area contributed by atoms with Gasteiger partial charge in [-0.05, 0) is 41.4 Å². The largest absolute Gasteiger partial charge is 0.436 e. The van der Waals surface area contributed by atoms with E-state index in [-0.39, 0.29) is 5.78 Å². The van der Waals surface area contributed by atoms with Crippen LogP contribution in [0, 0.1) is 13.8 Å². The predicted octanol–water partition coefficient (Wildman–Crippen LogP) is 3.97. The van der Waals surface area contributed by atoms with Gasteiger partial charge in [-0.25, -0.2) is 9.97 Å². The van der Waals surface area contributed by atoms with E-state index in [0.29, 0.717) is 16.5 Å². The summed E-state index contributed by atoms with van der Waals surface area (Å²) in [4.78, 5) is 23.0. The van der Waals surface area contributed by atoms with E-state index in [1.165, 1.54) is 17.4 Å². The molecule has 0 aliphatic rings. The summed E-state index contributed by atoms with van der Waals surface area (Å²) in [5, 5.41) is 0.776. The molecule has 0 spiro atoms. The summed E-state index contributed by atoms with van der Waals surface area (Å²) < 4.78 is 6.51. The maximum atomic E-state index is 12.2. The number of hydrogen-bond acceptors (Lipinski definition) is 6. The highest BCUT2D eigenvalue weighted by molar-refractivity contribution is 9.10. The molecular formula is C15H16BrN3O2S. The Morgan fingerprint density at radius 1 is 1.41 bits per heavy atom. The standard InChI is InChI=1S/C15H16BrN3O2S/c1-9-7-11(8-17-14(9)16)21-15-13(22-10(2)18-15)12(20)5-6-19(3)4/h5-8H,1-4H3/b6-5+. The van der Waals surface area contributed by atoms with E-state index in [1.54, 1.807) is 17.3 Å². The summed E-state index contributed by atoms with van der Waals surface area (Å²) in [5.74, 6) is 0.743.